The molecule has 0 heterocycles. The van der Waals surface area contributed by atoms with Crippen LogP contribution in [0.4, 0.5) is 0 Å². The molecule has 0 aromatic heterocycles. The molecule has 0 aliphatic carbocycles. The first-order chi connectivity index (χ1) is 6.11. The van der Waals surface area contributed by atoms with E-state index >= 15 is 0 Å². The molecule has 13 heavy (non-hydrogen) atoms. The van der Waals surface area contributed by atoms with Crippen molar-refractivity contribution < 1.29 is 14.7 Å². The van der Waals surface area contributed by atoms with Crippen molar-refractivity contribution in [3.63, 3.8) is 0 Å². The maximum absolute atomic E-state index is 10.9. The number of amides is 1. The lowest BCUT2D eigenvalue weighted by Gasteiger charge is -2.12. The summed E-state index contributed by atoms with van der Waals surface area (Å²) in [5.74, 6) is -1.25. The Bertz CT molecular complexity index is 182. The van der Waals surface area contributed by atoms with Gasteiger partial charge in [-0.2, -0.15) is 0 Å². The van der Waals surface area contributed by atoms with Crippen LogP contribution in [0.2, 0.25) is 0 Å². The van der Waals surface area contributed by atoms with E-state index < -0.39 is 12.0 Å². The van der Waals surface area contributed by atoms with Crippen LogP contribution >= 0.6 is 0 Å². The van der Waals surface area contributed by atoms with Crippen molar-refractivity contribution in [2.24, 2.45) is 5.73 Å². The SMILES string of the molecule is CCC(=O)N[C@H](CCCN)C(=O)O. The average molecular weight is 188 g/mol. The molecule has 0 aromatic carbocycles. The van der Waals surface area contributed by atoms with Crippen molar-refractivity contribution >= 4 is 11.9 Å². The third-order valence-electron chi connectivity index (χ3n) is 1.65. The summed E-state index contributed by atoms with van der Waals surface area (Å²) in [6, 6.07) is -0.795. The highest BCUT2D eigenvalue weighted by atomic mass is 16.4. The third-order valence-corrected chi connectivity index (χ3v) is 1.65. The quantitative estimate of drug-likeness (QED) is 0.533. The van der Waals surface area contributed by atoms with Crippen LogP contribution in [-0.4, -0.2) is 29.6 Å². The number of carbonyl (C=O) groups excluding carboxylic acids is 1. The number of nitrogens with two attached hydrogens (primary N) is 1. The van der Waals surface area contributed by atoms with E-state index in [2.05, 4.69) is 5.32 Å². The highest BCUT2D eigenvalue weighted by Gasteiger charge is 2.17. The lowest BCUT2D eigenvalue weighted by Crippen LogP contribution is -2.40. The minimum Gasteiger partial charge on any atom is -0.480 e. The Hall–Kier alpha value is -1.10. The molecule has 1 atom stereocenters. The molecule has 0 bridgehead atoms. The zero-order valence-electron chi connectivity index (χ0n) is 7.75. The number of nitrogens with one attached hydrogen (secondary N) is 1. The molecule has 5 heteroatoms. The second-order valence-electron chi connectivity index (χ2n) is 2.74. The largest absolute Gasteiger partial charge is 0.480 e. The van der Waals surface area contributed by atoms with E-state index in [0.29, 0.717) is 25.8 Å². The Morgan fingerprint density at radius 1 is 1.54 bits per heavy atom. The first kappa shape index (κ1) is 11.9. The second-order valence-corrected chi connectivity index (χ2v) is 2.74. The zero-order valence-corrected chi connectivity index (χ0v) is 7.75. The van der Waals surface area contributed by atoms with Gasteiger partial charge in [-0.05, 0) is 19.4 Å². The summed E-state index contributed by atoms with van der Waals surface area (Å²) in [6.45, 7) is 2.11. The number of aliphatic carboxylic acids is 1. The topological polar surface area (TPSA) is 92.4 Å². The first-order valence-corrected chi connectivity index (χ1v) is 4.34. The van der Waals surface area contributed by atoms with Crippen molar-refractivity contribution in [3.8, 4) is 0 Å². The maximum Gasteiger partial charge on any atom is 0.326 e. The summed E-state index contributed by atoms with van der Waals surface area (Å²) >= 11 is 0. The molecule has 0 saturated heterocycles. The molecule has 0 spiro atoms. The van der Waals surface area contributed by atoms with Gasteiger partial charge >= 0.3 is 5.97 Å². The van der Waals surface area contributed by atoms with Gasteiger partial charge in [0.05, 0.1) is 0 Å². The molecule has 0 aliphatic heterocycles. The van der Waals surface area contributed by atoms with Crippen LogP contribution in [0, 0.1) is 0 Å². The van der Waals surface area contributed by atoms with Crippen LogP contribution in [0.3, 0.4) is 0 Å². The van der Waals surface area contributed by atoms with Crippen LogP contribution in [0.1, 0.15) is 26.2 Å². The van der Waals surface area contributed by atoms with Gasteiger partial charge in [0, 0.05) is 6.42 Å². The molecule has 0 radical (unpaired) electrons. The highest BCUT2D eigenvalue weighted by molar-refractivity contribution is 5.83. The number of hydrogen-bond donors (Lipinski definition) is 3. The molecule has 0 aromatic rings. The van der Waals surface area contributed by atoms with E-state index in [9.17, 15) is 9.59 Å². The van der Waals surface area contributed by atoms with Crippen molar-refractivity contribution in [2.45, 2.75) is 32.2 Å². The Morgan fingerprint density at radius 3 is 2.54 bits per heavy atom. The minimum absolute atomic E-state index is 0.246. The Morgan fingerprint density at radius 2 is 2.15 bits per heavy atom. The minimum atomic E-state index is -1.00. The zero-order chi connectivity index (χ0) is 10.3. The van der Waals surface area contributed by atoms with Crippen LogP contribution < -0.4 is 11.1 Å². The lowest BCUT2D eigenvalue weighted by molar-refractivity contribution is -0.142. The summed E-state index contributed by atoms with van der Waals surface area (Å²) in [6.07, 6.45) is 1.28. The van der Waals surface area contributed by atoms with Gasteiger partial charge in [0.25, 0.3) is 0 Å². The second kappa shape index (κ2) is 6.42. The van der Waals surface area contributed by atoms with Gasteiger partial charge in [-0.25, -0.2) is 4.79 Å². The van der Waals surface area contributed by atoms with Crippen molar-refractivity contribution in [3.05, 3.63) is 0 Å². The van der Waals surface area contributed by atoms with E-state index in [0.717, 1.165) is 0 Å². The molecule has 0 saturated carbocycles. The van der Waals surface area contributed by atoms with Crippen LogP contribution in [0.25, 0.3) is 0 Å². The van der Waals surface area contributed by atoms with Gasteiger partial charge < -0.3 is 16.2 Å². The summed E-state index contributed by atoms with van der Waals surface area (Å²) in [5.41, 5.74) is 5.23. The first-order valence-electron chi connectivity index (χ1n) is 4.34. The Kier molecular flexibility index (Phi) is 5.88. The number of hydrogen-bond acceptors (Lipinski definition) is 3. The van der Waals surface area contributed by atoms with E-state index in [1.165, 1.54) is 0 Å². The fourth-order valence-electron chi connectivity index (χ4n) is 0.876. The van der Waals surface area contributed by atoms with Crippen molar-refractivity contribution in [1.29, 1.82) is 0 Å². The molecule has 5 nitrogen and oxygen atoms in total. The van der Waals surface area contributed by atoms with Gasteiger partial charge in [-0.3, -0.25) is 4.79 Å². The maximum atomic E-state index is 10.9. The van der Waals surface area contributed by atoms with E-state index in [-0.39, 0.29) is 5.91 Å². The number of carbonyl (C=O) groups is 2. The molecular formula is C8H16N2O3. The fraction of sp³-hybridized carbons (Fsp3) is 0.750. The Balaban J connectivity index is 3.94. The standard InChI is InChI=1S/C8H16N2O3/c1-2-7(11)10-6(8(12)13)4-3-5-9/h6H,2-5,9H2,1H3,(H,10,11)(H,12,13)/t6-/m1/s1. The predicted octanol–water partition coefficient (Wildman–Crippen LogP) is -0.295. The Labute approximate surface area is 77.3 Å². The molecule has 1 amide bonds. The predicted molar refractivity (Wildman–Crippen MR) is 48.1 cm³/mol. The van der Waals surface area contributed by atoms with Gasteiger partial charge in [0.1, 0.15) is 6.04 Å². The summed E-state index contributed by atoms with van der Waals surface area (Å²) in [5, 5.41) is 11.1. The molecule has 4 N–H and O–H groups in total. The van der Waals surface area contributed by atoms with E-state index in [1.54, 1.807) is 6.92 Å². The van der Waals surface area contributed by atoms with Crippen molar-refractivity contribution in [1.82, 2.24) is 5.32 Å². The fourth-order valence-corrected chi connectivity index (χ4v) is 0.876. The summed E-state index contributed by atoms with van der Waals surface area (Å²) in [4.78, 5) is 21.5. The summed E-state index contributed by atoms with van der Waals surface area (Å²) in [7, 11) is 0. The summed E-state index contributed by atoms with van der Waals surface area (Å²) < 4.78 is 0. The number of carboxylic acids is 1. The monoisotopic (exact) mass is 188 g/mol. The van der Waals surface area contributed by atoms with Gasteiger partial charge in [0.2, 0.25) is 5.91 Å². The smallest absolute Gasteiger partial charge is 0.326 e. The van der Waals surface area contributed by atoms with Crippen LogP contribution in [0.5, 0.6) is 0 Å². The van der Waals surface area contributed by atoms with Crippen LogP contribution in [0.15, 0.2) is 0 Å². The van der Waals surface area contributed by atoms with Gasteiger partial charge in [-0.15, -0.1) is 0 Å². The normalized spacial score (nSPS) is 12.2. The number of carboxylic acid groups (broad SMARTS) is 1. The van der Waals surface area contributed by atoms with E-state index in [1.807, 2.05) is 0 Å². The molecule has 76 valence electrons. The molecular weight excluding hydrogens is 172 g/mol. The molecule has 0 rings (SSSR count). The third kappa shape index (κ3) is 5.19. The molecule has 0 fully saturated rings. The highest BCUT2D eigenvalue weighted by Crippen LogP contribution is 1.96. The number of rotatable bonds is 6. The molecule has 0 unspecified atom stereocenters. The average Bonchev–Trinajstić information content (AvgIpc) is 2.11. The molecule has 0 aliphatic rings. The van der Waals surface area contributed by atoms with E-state index in [4.69, 9.17) is 10.8 Å². The van der Waals surface area contributed by atoms with Crippen LogP contribution in [-0.2, 0) is 9.59 Å². The van der Waals surface area contributed by atoms with Crippen molar-refractivity contribution in [2.75, 3.05) is 6.54 Å². The van der Waals surface area contributed by atoms with Gasteiger partial charge in [-0.1, -0.05) is 6.92 Å². The lowest BCUT2D eigenvalue weighted by atomic mass is 10.1. The van der Waals surface area contributed by atoms with Gasteiger partial charge in [0.15, 0.2) is 0 Å².